The summed E-state index contributed by atoms with van der Waals surface area (Å²) in [4.78, 5) is 24.5. The first-order chi connectivity index (χ1) is 33.5. The molecule has 0 rings (SSSR count). The monoisotopic (exact) mass is 954 g/mol. The fourth-order valence-corrected chi connectivity index (χ4v) is 8.98. The predicted octanol–water partition coefficient (Wildman–Crippen LogP) is 18.6. The van der Waals surface area contributed by atoms with Crippen molar-refractivity contribution >= 4 is 11.9 Å². The molecule has 0 aliphatic carbocycles. The second-order valence-electron chi connectivity index (χ2n) is 20.3. The number of aliphatic hydroxyl groups excluding tert-OH is 2. The highest BCUT2D eigenvalue weighted by molar-refractivity contribution is 5.76. The zero-order valence-corrected chi connectivity index (χ0v) is 45.3. The van der Waals surface area contributed by atoms with E-state index in [4.69, 9.17) is 4.74 Å². The smallest absolute Gasteiger partial charge is 0.305 e. The van der Waals surface area contributed by atoms with Gasteiger partial charge in [-0.1, -0.05) is 262 Å². The number of aliphatic hydroxyl groups is 2. The second kappa shape index (κ2) is 57.4. The lowest BCUT2D eigenvalue weighted by atomic mass is 10.0. The number of carbonyl (C=O) groups is 2. The molecule has 2 atom stereocenters. The van der Waals surface area contributed by atoms with Gasteiger partial charge in [-0.25, -0.2) is 0 Å². The van der Waals surface area contributed by atoms with E-state index >= 15 is 0 Å². The Kier molecular flexibility index (Phi) is 55.6. The lowest BCUT2D eigenvalue weighted by Crippen LogP contribution is -2.45. The molecule has 0 aromatic carbocycles. The summed E-state index contributed by atoms with van der Waals surface area (Å²) in [6, 6.07) is -0.549. The van der Waals surface area contributed by atoms with Crippen LogP contribution in [0.3, 0.4) is 0 Å². The largest absolute Gasteiger partial charge is 0.466 e. The average Bonchev–Trinajstić information content (AvgIpc) is 3.34. The van der Waals surface area contributed by atoms with Crippen molar-refractivity contribution in [3.8, 4) is 0 Å². The lowest BCUT2D eigenvalue weighted by molar-refractivity contribution is -0.143. The van der Waals surface area contributed by atoms with Gasteiger partial charge in [0.05, 0.1) is 25.4 Å². The van der Waals surface area contributed by atoms with Gasteiger partial charge in [0.2, 0.25) is 5.91 Å². The third kappa shape index (κ3) is 53.2. The van der Waals surface area contributed by atoms with Gasteiger partial charge >= 0.3 is 5.97 Å². The maximum Gasteiger partial charge on any atom is 0.305 e. The highest BCUT2D eigenvalue weighted by Gasteiger charge is 2.20. The number of hydrogen-bond donors (Lipinski definition) is 3. The van der Waals surface area contributed by atoms with Crippen molar-refractivity contribution in [2.75, 3.05) is 13.2 Å². The second-order valence-corrected chi connectivity index (χ2v) is 20.3. The first kappa shape index (κ1) is 65.8. The molecule has 2 unspecified atom stereocenters. The van der Waals surface area contributed by atoms with Crippen molar-refractivity contribution < 1.29 is 24.5 Å². The Morgan fingerprint density at radius 3 is 1.16 bits per heavy atom. The molecule has 1 amide bonds. The molecule has 3 N–H and O–H groups in total. The summed E-state index contributed by atoms with van der Waals surface area (Å²) >= 11 is 0. The van der Waals surface area contributed by atoms with Crippen LogP contribution in [0, 0.1) is 0 Å². The number of amides is 1. The molecule has 398 valence electrons. The highest BCUT2D eigenvalue weighted by atomic mass is 16.5. The van der Waals surface area contributed by atoms with Crippen molar-refractivity contribution in [3.05, 3.63) is 48.6 Å². The number of rotatable bonds is 55. The molecule has 0 saturated carbocycles. The number of carbonyl (C=O) groups excluding carboxylic acids is 2. The van der Waals surface area contributed by atoms with E-state index in [1.807, 2.05) is 0 Å². The summed E-state index contributed by atoms with van der Waals surface area (Å²) in [5, 5.41) is 23.2. The summed E-state index contributed by atoms with van der Waals surface area (Å²) in [6.07, 6.45) is 72.5. The molecule has 0 aromatic heterocycles. The van der Waals surface area contributed by atoms with Crippen LogP contribution in [0.5, 0.6) is 0 Å². The van der Waals surface area contributed by atoms with Gasteiger partial charge < -0.3 is 20.3 Å². The van der Waals surface area contributed by atoms with Crippen LogP contribution in [0.15, 0.2) is 48.6 Å². The Labute approximate surface area is 423 Å². The Hall–Kier alpha value is -2.18. The molecule has 0 spiro atoms. The van der Waals surface area contributed by atoms with E-state index in [0.29, 0.717) is 25.9 Å². The zero-order chi connectivity index (χ0) is 49.3. The number of ether oxygens (including phenoxy) is 1. The lowest BCUT2D eigenvalue weighted by Gasteiger charge is -2.22. The molecular formula is C62H115NO5. The van der Waals surface area contributed by atoms with Gasteiger partial charge in [-0.2, -0.15) is 0 Å². The molecule has 0 aliphatic heterocycles. The van der Waals surface area contributed by atoms with E-state index < -0.39 is 12.1 Å². The minimum atomic E-state index is -0.671. The molecule has 0 fully saturated rings. The van der Waals surface area contributed by atoms with E-state index in [1.165, 1.54) is 205 Å². The Balaban J connectivity index is 3.46. The van der Waals surface area contributed by atoms with Gasteiger partial charge in [0.25, 0.3) is 0 Å². The number of esters is 1. The quantitative estimate of drug-likeness (QED) is 0.0321. The summed E-state index contributed by atoms with van der Waals surface area (Å²) in [5.74, 6) is -0.0535. The van der Waals surface area contributed by atoms with Crippen LogP contribution in [0.2, 0.25) is 0 Å². The van der Waals surface area contributed by atoms with Crippen LogP contribution in [-0.2, 0) is 14.3 Å². The first-order valence-electron chi connectivity index (χ1n) is 29.9. The van der Waals surface area contributed by atoms with Gasteiger partial charge in [-0.05, 0) is 83.5 Å². The SMILES string of the molecule is CCCC/C=C\C/C=C\CCCCCCCC(=O)OCCCCCCCCCCC/C=C\C/C=C\CCCCCCCCCC(=O)NC(CO)C(O)CCCCCCCCCCCCCCCC. The molecule has 68 heavy (non-hydrogen) atoms. The maximum absolute atomic E-state index is 12.5. The number of hydrogen-bond acceptors (Lipinski definition) is 5. The van der Waals surface area contributed by atoms with Crippen LogP contribution < -0.4 is 5.32 Å². The van der Waals surface area contributed by atoms with Crippen LogP contribution in [-0.4, -0.2) is 47.4 Å². The minimum Gasteiger partial charge on any atom is -0.466 e. The number of allylic oxidation sites excluding steroid dienone is 8. The third-order valence-electron chi connectivity index (χ3n) is 13.6. The van der Waals surface area contributed by atoms with Crippen LogP contribution in [0.1, 0.15) is 309 Å². The van der Waals surface area contributed by atoms with Gasteiger partial charge in [0.15, 0.2) is 0 Å². The summed E-state index contributed by atoms with van der Waals surface area (Å²) in [5.41, 5.74) is 0. The van der Waals surface area contributed by atoms with Gasteiger partial charge in [-0.15, -0.1) is 0 Å². The molecule has 6 nitrogen and oxygen atoms in total. The van der Waals surface area contributed by atoms with E-state index in [1.54, 1.807) is 0 Å². The minimum absolute atomic E-state index is 0.00800. The fourth-order valence-electron chi connectivity index (χ4n) is 8.98. The van der Waals surface area contributed by atoms with Gasteiger partial charge in [-0.3, -0.25) is 9.59 Å². The summed E-state index contributed by atoms with van der Waals surface area (Å²) in [7, 11) is 0. The number of unbranched alkanes of at least 4 members (excludes halogenated alkanes) is 36. The first-order valence-corrected chi connectivity index (χ1v) is 29.9. The van der Waals surface area contributed by atoms with Crippen LogP contribution >= 0.6 is 0 Å². The topological polar surface area (TPSA) is 95.9 Å². The predicted molar refractivity (Wildman–Crippen MR) is 296 cm³/mol. The molecule has 0 radical (unpaired) electrons. The maximum atomic E-state index is 12.5. The molecule has 0 bridgehead atoms. The van der Waals surface area contributed by atoms with Crippen LogP contribution in [0.4, 0.5) is 0 Å². The third-order valence-corrected chi connectivity index (χ3v) is 13.6. The number of nitrogens with one attached hydrogen (secondary N) is 1. The molecule has 0 aliphatic rings. The molecule has 6 heteroatoms. The van der Waals surface area contributed by atoms with Crippen molar-refractivity contribution in [1.29, 1.82) is 0 Å². The van der Waals surface area contributed by atoms with Gasteiger partial charge in [0.1, 0.15) is 0 Å². The van der Waals surface area contributed by atoms with Crippen molar-refractivity contribution in [2.24, 2.45) is 0 Å². The summed E-state index contributed by atoms with van der Waals surface area (Å²) in [6.45, 7) is 4.90. The molecule has 0 aromatic rings. The zero-order valence-electron chi connectivity index (χ0n) is 45.3. The standard InChI is InChI=1S/C62H115NO5/c1-3-5-7-9-11-13-15-17-30-34-38-42-46-50-54-60(65)59(58-64)63-61(66)55-51-47-43-39-35-31-28-26-24-22-20-19-21-23-25-27-29-33-37-41-45-49-53-57-68-62(67)56-52-48-44-40-36-32-18-16-14-12-10-8-6-4-2/h10,12,16,18-19,21-22,24,59-60,64-65H,3-9,11,13-15,17,20,23,25-58H2,1-2H3,(H,63,66)/b12-10-,18-16-,21-19-,24-22-. The fraction of sp³-hybridized carbons (Fsp3) is 0.839. The van der Waals surface area contributed by atoms with Gasteiger partial charge in [0, 0.05) is 12.8 Å². The Morgan fingerprint density at radius 1 is 0.412 bits per heavy atom. The summed E-state index contributed by atoms with van der Waals surface area (Å²) < 4.78 is 5.46. The Morgan fingerprint density at radius 2 is 0.750 bits per heavy atom. The normalized spacial score (nSPS) is 12.9. The van der Waals surface area contributed by atoms with Crippen molar-refractivity contribution in [1.82, 2.24) is 5.32 Å². The van der Waals surface area contributed by atoms with Crippen LogP contribution in [0.25, 0.3) is 0 Å². The molecule has 0 heterocycles. The van der Waals surface area contributed by atoms with E-state index in [-0.39, 0.29) is 18.5 Å². The van der Waals surface area contributed by atoms with E-state index in [2.05, 4.69) is 67.8 Å². The van der Waals surface area contributed by atoms with Crippen molar-refractivity contribution in [3.63, 3.8) is 0 Å². The Bertz CT molecular complexity index is 1150. The highest BCUT2D eigenvalue weighted by Crippen LogP contribution is 2.16. The molecule has 0 saturated heterocycles. The van der Waals surface area contributed by atoms with E-state index in [9.17, 15) is 19.8 Å². The van der Waals surface area contributed by atoms with Crippen molar-refractivity contribution in [2.45, 2.75) is 321 Å². The van der Waals surface area contributed by atoms with E-state index in [0.717, 1.165) is 70.6 Å². The molecular weight excluding hydrogens is 839 g/mol. The average molecular weight is 955 g/mol.